The first kappa shape index (κ1) is 6.34. The number of pyridine rings is 1. The van der Waals surface area contributed by atoms with Crippen LogP contribution < -0.4 is 5.46 Å². The zero-order chi connectivity index (χ0) is 6.85. The molecule has 1 nitrogen and oxygen atoms in total. The Morgan fingerprint density at radius 2 is 2.11 bits per heavy atom. The standard InChI is InChI=1S/C7H8BN/c1-5-3-4-9-6(2)7(5)8/h3-4H,1-2H3. The van der Waals surface area contributed by atoms with E-state index in [4.69, 9.17) is 7.85 Å². The minimum atomic E-state index is 0.803. The summed E-state index contributed by atoms with van der Waals surface area (Å²) in [6, 6.07) is 1.91. The Kier molecular flexibility index (Phi) is 1.56. The Morgan fingerprint density at radius 1 is 1.44 bits per heavy atom. The fourth-order valence-corrected chi connectivity index (χ4v) is 0.706. The van der Waals surface area contributed by atoms with Crippen LogP contribution in [0.25, 0.3) is 0 Å². The Balaban J connectivity index is 3.25. The molecular weight excluding hydrogens is 109 g/mol. The second-order valence-electron chi connectivity index (χ2n) is 2.13. The third kappa shape index (κ3) is 1.12. The minimum Gasteiger partial charge on any atom is -0.262 e. The van der Waals surface area contributed by atoms with E-state index < -0.39 is 0 Å². The van der Waals surface area contributed by atoms with Crippen LogP contribution in [0.1, 0.15) is 11.3 Å². The van der Waals surface area contributed by atoms with E-state index in [1.165, 1.54) is 0 Å². The molecule has 0 spiro atoms. The van der Waals surface area contributed by atoms with E-state index in [1.54, 1.807) is 6.20 Å². The van der Waals surface area contributed by atoms with Crippen molar-refractivity contribution in [2.75, 3.05) is 0 Å². The highest BCUT2D eigenvalue weighted by Gasteiger charge is 1.92. The molecule has 1 aromatic heterocycles. The third-order valence-corrected chi connectivity index (χ3v) is 1.41. The molecule has 2 heteroatoms. The summed E-state index contributed by atoms with van der Waals surface area (Å²) in [7, 11) is 5.62. The van der Waals surface area contributed by atoms with Crippen molar-refractivity contribution in [1.82, 2.24) is 4.98 Å². The van der Waals surface area contributed by atoms with E-state index >= 15 is 0 Å². The topological polar surface area (TPSA) is 12.9 Å². The molecule has 44 valence electrons. The van der Waals surface area contributed by atoms with Crippen molar-refractivity contribution >= 4 is 13.3 Å². The smallest absolute Gasteiger partial charge is 0.116 e. The van der Waals surface area contributed by atoms with Gasteiger partial charge in [0, 0.05) is 11.9 Å². The number of hydrogen-bond donors (Lipinski definition) is 0. The number of aryl methyl sites for hydroxylation is 2. The molecule has 0 aliphatic heterocycles. The average Bonchev–Trinajstić information content (AvgIpc) is 1.83. The quantitative estimate of drug-likeness (QED) is 0.450. The van der Waals surface area contributed by atoms with Gasteiger partial charge in [0.05, 0.1) is 0 Å². The van der Waals surface area contributed by atoms with Crippen molar-refractivity contribution in [2.45, 2.75) is 13.8 Å². The number of rotatable bonds is 0. The van der Waals surface area contributed by atoms with E-state index in [1.807, 2.05) is 19.9 Å². The van der Waals surface area contributed by atoms with Gasteiger partial charge in [-0.2, -0.15) is 0 Å². The molecule has 0 aliphatic rings. The molecule has 0 unspecified atom stereocenters. The lowest BCUT2D eigenvalue weighted by Crippen LogP contribution is -2.12. The molecule has 2 radical (unpaired) electrons. The zero-order valence-electron chi connectivity index (χ0n) is 5.68. The predicted octanol–water partition coefficient (Wildman–Crippen LogP) is 0.492. The minimum absolute atomic E-state index is 0.803. The van der Waals surface area contributed by atoms with Crippen molar-refractivity contribution in [3.63, 3.8) is 0 Å². The summed E-state index contributed by atoms with van der Waals surface area (Å²) in [5, 5.41) is 0. The molecule has 1 rings (SSSR count). The van der Waals surface area contributed by atoms with E-state index in [2.05, 4.69) is 4.98 Å². The molecule has 1 aromatic rings. The van der Waals surface area contributed by atoms with Gasteiger partial charge in [0.15, 0.2) is 0 Å². The Bertz CT molecular complexity index is 200. The van der Waals surface area contributed by atoms with Crippen LogP contribution in [-0.2, 0) is 0 Å². The number of nitrogens with zero attached hydrogens (tertiary/aromatic N) is 1. The van der Waals surface area contributed by atoms with Crippen LogP contribution in [-0.4, -0.2) is 12.8 Å². The van der Waals surface area contributed by atoms with Gasteiger partial charge < -0.3 is 0 Å². The number of hydrogen-bond acceptors (Lipinski definition) is 1. The van der Waals surface area contributed by atoms with Crippen molar-refractivity contribution in [2.24, 2.45) is 0 Å². The van der Waals surface area contributed by atoms with Crippen molar-refractivity contribution in [1.29, 1.82) is 0 Å². The van der Waals surface area contributed by atoms with Crippen LogP contribution in [0.3, 0.4) is 0 Å². The van der Waals surface area contributed by atoms with Gasteiger partial charge in [0.1, 0.15) is 7.85 Å². The van der Waals surface area contributed by atoms with Gasteiger partial charge in [-0.1, -0.05) is 11.0 Å². The molecule has 0 aromatic carbocycles. The van der Waals surface area contributed by atoms with E-state index in [-0.39, 0.29) is 0 Å². The average molecular weight is 117 g/mol. The van der Waals surface area contributed by atoms with E-state index in [0.29, 0.717) is 0 Å². The van der Waals surface area contributed by atoms with Crippen LogP contribution in [0, 0.1) is 13.8 Å². The third-order valence-electron chi connectivity index (χ3n) is 1.41. The van der Waals surface area contributed by atoms with Crippen LogP contribution in [0.2, 0.25) is 0 Å². The zero-order valence-corrected chi connectivity index (χ0v) is 5.68. The Labute approximate surface area is 56.5 Å². The normalized spacial score (nSPS) is 9.56. The van der Waals surface area contributed by atoms with E-state index in [9.17, 15) is 0 Å². The lowest BCUT2D eigenvalue weighted by atomic mass is 9.90. The fourth-order valence-electron chi connectivity index (χ4n) is 0.706. The Hall–Kier alpha value is -0.785. The fraction of sp³-hybridized carbons (Fsp3) is 0.286. The second-order valence-corrected chi connectivity index (χ2v) is 2.13. The van der Waals surface area contributed by atoms with Gasteiger partial charge >= 0.3 is 0 Å². The lowest BCUT2D eigenvalue weighted by molar-refractivity contribution is 1.20. The molecule has 0 amide bonds. The molecule has 0 atom stereocenters. The first-order valence-electron chi connectivity index (χ1n) is 2.89. The summed E-state index contributed by atoms with van der Waals surface area (Å²) in [6.07, 6.45) is 1.76. The first-order chi connectivity index (χ1) is 4.22. The maximum absolute atomic E-state index is 5.62. The maximum atomic E-state index is 5.62. The van der Waals surface area contributed by atoms with E-state index in [0.717, 1.165) is 16.7 Å². The molecule has 9 heavy (non-hydrogen) atoms. The van der Waals surface area contributed by atoms with Gasteiger partial charge in [0.2, 0.25) is 0 Å². The van der Waals surface area contributed by atoms with Gasteiger partial charge in [-0.25, -0.2) is 0 Å². The summed E-state index contributed by atoms with van der Waals surface area (Å²) >= 11 is 0. The highest BCUT2D eigenvalue weighted by Crippen LogP contribution is 1.91. The first-order valence-corrected chi connectivity index (χ1v) is 2.89. The molecule has 1 heterocycles. The molecular formula is C7H8BN. The molecule has 0 N–H and O–H groups in total. The molecule has 0 bridgehead atoms. The highest BCUT2D eigenvalue weighted by atomic mass is 14.7. The lowest BCUT2D eigenvalue weighted by Gasteiger charge is -2.00. The molecule has 0 saturated carbocycles. The maximum Gasteiger partial charge on any atom is 0.116 e. The largest absolute Gasteiger partial charge is 0.262 e. The summed E-state index contributed by atoms with van der Waals surface area (Å²) in [5.74, 6) is 0. The van der Waals surface area contributed by atoms with Gasteiger partial charge in [0.25, 0.3) is 0 Å². The Morgan fingerprint density at radius 3 is 2.56 bits per heavy atom. The predicted molar refractivity (Wildman–Crippen MR) is 39.1 cm³/mol. The van der Waals surface area contributed by atoms with Gasteiger partial charge in [-0.3, -0.25) is 4.98 Å². The number of aromatic nitrogens is 1. The van der Waals surface area contributed by atoms with Crippen molar-refractivity contribution in [3.05, 3.63) is 23.5 Å². The van der Waals surface area contributed by atoms with Gasteiger partial charge in [-0.05, 0) is 19.9 Å². The van der Waals surface area contributed by atoms with Crippen LogP contribution in [0.4, 0.5) is 0 Å². The van der Waals surface area contributed by atoms with Crippen LogP contribution >= 0.6 is 0 Å². The van der Waals surface area contributed by atoms with Gasteiger partial charge in [-0.15, -0.1) is 0 Å². The monoisotopic (exact) mass is 117 g/mol. The summed E-state index contributed by atoms with van der Waals surface area (Å²) in [5.41, 5.74) is 2.81. The van der Waals surface area contributed by atoms with Crippen LogP contribution in [0.15, 0.2) is 12.3 Å². The summed E-state index contributed by atoms with van der Waals surface area (Å²) in [6.45, 7) is 3.88. The molecule has 0 fully saturated rings. The highest BCUT2D eigenvalue weighted by molar-refractivity contribution is 6.34. The molecule has 0 aliphatic carbocycles. The second kappa shape index (κ2) is 2.22. The van der Waals surface area contributed by atoms with Crippen molar-refractivity contribution in [3.8, 4) is 0 Å². The summed E-state index contributed by atoms with van der Waals surface area (Å²) < 4.78 is 0. The SMILES string of the molecule is [B]c1c(C)ccnc1C. The summed E-state index contributed by atoms with van der Waals surface area (Å²) in [4.78, 5) is 4.01. The molecule has 0 saturated heterocycles. The van der Waals surface area contributed by atoms with Crippen LogP contribution in [0.5, 0.6) is 0 Å². The van der Waals surface area contributed by atoms with Crippen molar-refractivity contribution < 1.29 is 0 Å².